The Hall–Kier alpha value is -6.84. The quantitative estimate of drug-likeness (QED) is 0.179. The van der Waals surface area contributed by atoms with Gasteiger partial charge >= 0.3 is 0 Å². The number of benzene rings is 8. The van der Waals surface area contributed by atoms with Gasteiger partial charge in [-0.25, -0.2) is 0 Å². The number of para-hydroxylation sites is 2. The molecule has 0 fully saturated rings. The molecule has 0 amide bonds. The summed E-state index contributed by atoms with van der Waals surface area (Å²) in [4.78, 5) is 2.43. The van der Waals surface area contributed by atoms with Crippen molar-refractivity contribution in [1.82, 2.24) is 0 Å². The number of anilines is 3. The first-order valence-electron chi connectivity index (χ1n) is 21.6. The fourth-order valence-electron chi connectivity index (χ4n) is 10.9. The van der Waals surface area contributed by atoms with E-state index in [0.29, 0.717) is 0 Å². The molecule has 2 aliphatic rings. The van der Waals surface area contributed by atoms with Crippen molar-refractivity contribution < 1.29 is 8.83 Å². The fourth-order valence-corrected chi connectivity index (χ4v) is 10.9. The second-order valence-electron chi connectivity index (χ2n) is 19.3. The van der Waals surface area contributed by atoms with Crippen LogP contribution in [0.2, 0.25) is 0 Å². The molecule has 296 valence electrons. The number of furan rings is 2. The van der Waals surface area contributed by atoms with Crippen LogP contribution in [0.4, 0.5) is 17.1 Å². The Labute approximate surface area is 356 Å². The zero-order valence-electron chi connectivity index (χ0n) is 35.8. The van der Waals surface area contributed by atoms with Crippen LogP contribution >= 0.6 is 0 Å². The monoisotopic (exact) mass is 789 g/mol. The van der Waals surface area contributed by atoms with Gasteiger partial charge in [-0.2, -0.15) is 0 Å². The molecule has 0 saturated carbocycles. The van der Waals surface area contributed by atoms with Crippen LogP contribution in [0.3, 0.4) is 0 Å². The van der Waals surface area contributed by atoms with Gasteiger partial charge in [0.15, 0.2) is 5.58 Å². The molecule has 3 heteroatoms. The Morgan fingerprint density at radius 2 is 0.902 bits per heavy atom. The molecule has 0 saturated heterocycles. The molecule has 0 aliphatic heterocycles. The van der Waals surface area contributed by atoms with E-state index in [1.54, 1.807) is 0 Å². The van der Waals surface area contributed by atoms with Crippen molar-refractivity contribution in [3.63, 3.8) is 0 Å². The van der Waals surface area contributed by atoms with Crippen molar-refractivity contribution in [2.75, 3.05) is 4.90 Å². The van der Waals surface area contributed by atoms with Crippen molar-refractivity contribution >= 4 is 60.9 Å². The van der Waals surface area contributed by atoms with E-state index in [-0.39, 0.29) is 10.8 Å². The predicted molar refractivity (Wildman–Crippen MR) is 254 cm³/mol. The summed E-state index contributed by atoms with van der Waals surface area (Å²) in [6.07, 6.45) is 0. The molecular formula is C58H47NO2. The third kappa shape index (κ3) is 4.86. The van der Waals surface area contributed by atoms with E-state index in [4.69, 9.17) is 8.83 Å². The molecule has 61 heavy (non-hydrogen) atoms. The largest absolute Gasteiger partial charge is 0.455 e. The lowest BCUT2D eigenvalue weighted by Gasteiger charge is -2.33. The zero-order valence-corrected chi connectivity index (χ0v) is 35.8. The maximum Gasteiger partial charge on any atom is 0.160 e. The number of rotatable bonds is 3. The molecule has 0 atom stereocenters. The van der Waals surface area contributed by atoms with Crippen LogP contribution in [-0.2, 0) is 16.2 Å². The first-order chi connectivity index (χ1) is 29.4. The average molecular weight is 790 g/mol. The predicted octanol–water partition coefficient (Wildman–Crippen LogP) is 16.2. The lowest BCUT2D eigenvalue weighted by atomic mass is 9.70. The summed E-state index contributed by atoms with van der Waals surface area (Å²) >= 11 is 0. The molecule has 3 nitrogen and oxygen atoms in total. The minimum absolute atomic E-state index is 0.0127. The third-order valence-corrected chi connectivity index (χ3v) is 13.7. The van der Waals surface area contributed by atoms with Gasteiger partial charge in [-0.05, 0) is 110 Å². The lowest BCUT2D eigenvalue weighted by molar-refractivity contribution is 0.590. The Bertz CT molecular complexity index is 3330. The first kappa shape index (κ1) is 36.0. The van der Waals surface area contributed by atoms with Crippen molar-refractivity contribution in [2.45, 2.75) is 64.7 Å². The smallest absolute Gasteiger partial charge is 0.160 e. The van der Waals surface area contributed by atoms with Gasteiger partial charge < -0.3 is 13.7 Å². The number of hydrogen-bond acceptors (Lipinski definition) is 3. The van der Waals surface area contributed by atoms with Crippen LogP contribution in [0.1, 0.15) is 80.5 Å². The summed E-state index contributed by atoms with van der Waals surface area (Å²) in [5, 5.41) is 4.51. The minimum Gasteiger partial charge on any atom is -0.455 e. The molecule has 12 rings (SSSR count). The minimum atomic E-state index is -0.630. The lowest BCUT2D eigenvalue weighted by Crippen LogP contribution is -2.26. The molecule has 2 aliphatic carbocycles. The van der Waals surface area contributed by atoms with Gasteiger partial charge in [0.2, 0.25) is 0 Å². The standard InChI is InChI=1S/C58H47NO2/c1-34-32-45-53(55-50(34)41-18-10-14-22-48(41)61-55)52-46(58(45)43-20-12-8-16-39(43)40-17-9-13-21-44(40)58)33-47(54-51(52)42-19-11-15-23-49(42)60-54)59(37-28-24-35(25-29-37)56(2,3)4)38-30-26-36(27-31-38)57(5,6)7/h8-33H,1-7H3. The number of aryl methyl sites for hydroxylation is 1. The summed E-state index contributed by atoms with van der Waals surface area (Å²) in [5.41, 5.74) is 19.8. The van der Waals surface area contributed by atoms with E-state index < -0.39 is 5.41 Å². The number of fused-ring (bicyclic) bond motifs is 18. The molecule has 10 aromatic rings. The van der Waals surface area contributed by atoms with Gasteiger partial charge in [0.25, 0.3) is 0 Å². The van der Waals surface area contributed by atoms with Gasteiger partial charge in [0.05, 0.1) is 11.1 Å². The van der Waals surface area contributed by atoms with Crippen LogP contribution in [0, 0.1) is 6.92 Å². The molecule has 0 bridgehead atoms. The van der Waals surface area contributed by atoms with Crippen LogP contribution in [0.5, 0.6) is 0 Å². The zero-order chi connectivity index (χ0) is 41.6. The van der Waals surface area contributed by atoms with E-state index in [1.165, 1.54) is 61.0 Å². The van der Waals surface area contributed by atoms with E-state index in [2.05, 4.69) is 211 Å². The highest BCUT2D eigenvalue weighted by Crippen LogP contribution is 2.67. The second-order valence-corrected chi connectivity index (χ2v) is 19.3. The van der Waals surface area contributed by atoms with Gasteiger partial charge in [-0.1, -0.05) is 157 Å². The average Bonchev–Trinajstić information content (AvgIpc) is 3.99. The fraction of sp³-hybridized carbons (Fsp3) is 0.172. The molecule has 8 aromatic carbocycles. The highest BCUT2D eigenvalue weighted by atomic mass is 16.3. The maximum absolute atomic E-state index is 7.22. The Balaban J connectivity index is 1.28. The van der Waals surface area contributed by atoms with E-state index in [9.17, 15) is 0 Å². The van der Waals surface area contributed by atoms with Crippen molar-refractivity contribution in [2.24, 2.45) is 0 Å². The molecule has 2 aromatic heterocycles. The molecule has 2 heterocycles. The number of hydrogen-bond donors (Lipinski definition) is 0. The van der Waals surface area contributed by atoms with Crippen molar-refractivity contribution in [3.8, 4) is 22.3 Å². The van der Waals surface area contributed by atoms with E-state index in [1.807, 2.05) is 0 Å². The Morgan fingerprint density at radius 1 is 0.443 bits per heavy atom. The van der Waals surface area contributed by atoms with Gasteiger partial charge in [-0.15, -0.1) is 0 Å². The molecule has 1 spiro atoms. The van der Waals surface area contributed by atoms with Crippen LogP contribution in [0.25, 0.3) is 66.1 Å². The van der Waals surface area contributed by atoms with Crippen LogP contribution < -0.4 is 4.90 Å². The second kappa shape index (κ2) is 12.4. The molecule has 0 N–H and O–H groups in total. The van der Waals surface area contributed by atoms with Crippen molar-refractivity contribution in [3.05, 3.63) is 197 Å². The summed E-state index contributed by atoms with van der Waals surface area (Å²) in [6, 6.07) is 58.4. The maximum atomic E-state index is 7.22. The summed E-state index contributed by atoms with van der Waals surface area (Å²) in [6.45, 7) is 15.9. The Morgan fingerprint density at radius 3 is 1.44 bits per heavy atom. The molecule has 0 radical (unpaired) electrons. The van der Waals surface area contributed by atoms with Gasteiger partial charge in [-0.3, -0.25) is 0 Å². The highest BCUT2D eigenvalue weighted by molar-refractivity contribution is 6.24. The first-order valence-corrected chi connectivity index (χ1v) is 21.6. The normalized spacial score (nSPS) is 14.0. The Kier molecular flexibility index (Phi) is 7.31. The van der Waals surface area contributed by atoms with Crippen LogP contribution in [0.15, 0.2) is 167 Å². The summed E-state index contributed by atoms with van der Waals surface area (Å²) in [5.74, 6) is 0. The van der Waals surface area contributed by atoms with E-state index >= 15 is 0 Å². The highest BCUT2D eigenvalue weighted by Gasteiger charge is 2.54. The summed E-state index contributed by atoms with van der Waals surface area (Å²) in [7, 11) is 0. The topological polar surface area (TPSA) is 29.5 Å². The van der Waals surface area contributed by atoms with Gasteiger partial charge in [0.1, 0.15) is 16.7 Å². The summed E-state index contributed by atoms with van der Waals surface area (Å²) < 4.78 is 14.3. The van der Waals surface area contributed by atoms with Crippen LogP contribution in [-0.4, -0.2) is 0 Å². The molecule has 0 unspecified atom stereocenters. The third-order valence-electron chi connectivity index (χ3n) is 13.7. The van der Waals surface area contributed by atoms with E-state index in [0.717, 1.165) is 61.1 Å². The SMILES string of the molecule is Cc1cc2c(c3oc4ccccc4c13)-c1c(cc(N(c3ccc(C(C)(C)C)cc3)c3ccc(C(C)(C)C)cc3)c3oc4ccccc4c13)C21c2ccccc2-c2ccccc21. The number of nitrogens with zero attached hydrogens (tertiary/aromatic N) is 1. The molecular weight excluding hydrogens is 743 g/mol. The van der Waals surface area contributed by atoms with Gasteiger partial charge in [0, 0.05) is 44.0 Å². The van der Waals surface area contributed by atoms with Crippen molar-refractivity contribution in [1.29, 1.82) is 0 Å².